The van der Waals surface area contributed by atoms with Gasteiger partial charge in [-0.15, -0.1) is 16.4 Å². The molecule has 2 N–H and O–H groups in total. The van der Waals surface area contributed by atoms with Crippen LogP contribution in [0.25, 0.3) is 21.1 Å². The second-order valence-corrected chi connectivity index (χ2v) is 12.2. The van der Waals surface area contributed by atoms with Crippen molar-refractivity contribution in [1.82, 2.24) is 25.0 Å². The molecule has 1 aliphatic carbocycles. The lowest BCUT2D eigenvalue weighted by Crippen LogP contribution is -2.20. The van der Waals surface area contributed by atoms with Gasteiger partial charge in [-0.1, -0.05) is 49.7 Å². The quantitative estimate of drug-likeness (QED) is 0.229. The highest BCUT2D eigenvalue weighted by Crippen LogP contribution is 2.38. The van der Waals surface area contributed by atoms with Crippen molar-refractivity contribution in [2.75, 3.05) is 17.2 Å². The first kappa shape index (κ1) is 24.6. The molecule has 5 aromatic rings. The number of anilines is 2. The summed E-state index contributed by atoms with van der Waals surface area (Å²) in [6.45, 7) is 7.13. The van der Waals surface area contributed by atoms with E-state index in [1.165, 1.54) is 0 Å². The normalized spacial score (nSPS) is 14.5. The molecule has 3 aromatic heterocycles. The smallest absolute Gasteiger partial charge is 0.110 e. The Labute approximate surface area is 229 Å². The lowest BCUT2D eigenvalue weighted by Gasteiger charge is -2.22. The fourth-order valence-electron chi connectivity index (χ4n) is 4.53. The van der Waals surface area contributed by atoms with E-state index in [4.69, 9.17) is 11.6 Å². The Morgan fingerprint density at radius 1 is 1.21 bits per heavy atom. The van der Waals surface area contributed by atoms with Gasteiger partial charge in [0, 0.05) is 29.4 Å². The first-order chi connectivity index (χ1) is 18.3. The number of benzene rings is 2. The number of rotatable bonds is 7. The second kappa shape index (κ2) is 9.53. The summed E-state index contributed by atoms with van der Waals surface area (Å²) >= 11 is 8.38. The molecule has 2 aromatic carbocycles. The molecule has 192 valence electrons. The van der Waals surface area contributed by atoms with Crippen molar-refractivity contribution in [3.63, 3.8) is 0 Å². The molecule has 8 nitrogen and oxygen atoms in total. The molecule has 0 radical (unpaired) electrons. The van der Waals surface area contributed by atoms with E-state index in [9.17, 15) is 5.26 Å². The lowest BCUT2D eigenvalue weighted by atomic mass is 9.96. The highest BCUT2D eigenvalue weighted by Gasteiger charge is 2.28. The predicted octanol–water partition coefficient (Wildman–Crippen LogP) is 6.96. The molecule has 1 unspecified atom stereocenters. The SMILES string of the molecule is CC(C)(C)CNc1c(C#N)cnc2c(Cl)cc(NC(c3cn(C4CC4)nn3)c3cccc4scnc34)cc12. The van der Waals surface area contributed by atoms with Crippen molar-refractivity contribution in [2.45, 2.75) is 45.7 Å². The standard InChI is InChI=1S/C28H27ClN8S/c1-28(2,3)14-32-24-16(11-30)12-31-25-20(24)9-17(10-21(25)29)34-26(22-13-37(36-35-22)18-7-8-18)19-5-4-6-23-27(19)33-15-38-23/h4-6,9-10,12-13,15,18,26,34H,7-8,14H2,1-3H3,(H,31,32). The van der Waals surface area contributed by atoms with E-state index < -0.39 is 0 Å². The molecule has 0 saturated heterocycles. The number of para-hydroxylation sites is 1. The van der Waals surface area contributed by atoms with E-state index >= 15 is 0 Å². The summed E-state index contributed by atoms with van der Waals surface area (Å²) in [5.74, 6) is 0. The summed E-state index contributed by atoms with van der Waals surface area (Å²) in [6.07, 6.45) is 5.85. The van der Waals surface area contributed by atoms with Crippen molar-refractivity contribution < 1.29 is 0 Å². The highest BCUT2D eigenvalue weighted by atomic mass is 35.5. The van der Waals surface area contributed by atoms with Crippen molar-refractivity contribution in [2.24, 2.45) is 5.41 Å². The van der Waals surface area contributed by atoms with E-state index in [1.54, 1.807) is 17.5 Å². The molecule has 1 atom stereocenters. The second-order valence-electron chi connectivity index (χ2n) is 10.9. The number of pyridine rings is 1. The monoisotopic (exact) mass is 542 g/mol. The summed E-state index contributed by atoms with van der Waals surface area (Å²) in [4.78, 5) is 9.15. The predicted molar refractivity (Wildman–Crippen MR) is 153 cm³/mol. The van der Waals surface area contributed by atoms with Gasteiger partial charge < -0.3 is 10.6 Å². The van der Waals surface area contributed by atoms with Gasteiger partial charge in [-0.05, 0) is 36.5 Å². The van der Waals surface area contributed by atoms with Crippen LogP contribution in [0.2, 0.25) is 5.02 Å². The van der Waals surface area contributed by atoms with E-state index in [1.807, 2.05) is 34.6 Å². The number of halogens is 1. The van der Waals surface area contributed by atoms with Gasteiger partial charge in [0.05, 0.1) is 55.8 Å². The minimum atomic E-state index is -0.306. The van der Waals surface area contributed by atoms with Crippen LogP contribution in [0.3, 0.4) is 0 Å². The van der Waals surface area contributed by atoms with E-state index in [2.05, 4.69) is 69.9 Å². The summed E-state index contributed by atoms with van der Waals surface area (Å²) in [7, 11) is 0. The van der Waals surface area contributed by atoms with Crippen LogP contribution in [-0.2, 0) is 0 Å². The molecule has 0 amide bonds. The maximum absolute atomic E-state index is 9.82. The molecule has 10 heteroatoms. The Bertz CT molecular complexity index is 1690. The van der Waals surface area contributed by atoms with Crippen molar-refractivity contribution in [3.05, 3.63) is 70.1 Å². The molecular formula is C28H27ClN8S. The summed E-state index contributed by atoms with van der Waals surface area (Å²) in [5.41, 5.74) is 7.28. The fraction of sp³-hybridized carbons (Fsp3) is 0.321. The average Bonchev–Trinajstić information content (AvgIpc) is 3.41. The molecule has 0 spiro atoms. The average molecular weight is 543 g/mol. The van der Waals surface area contributed by atoms with Crippen molar-refractivity contribution in [3.8, 4) is 6.07 Å². The highest BCUT2D eigenvalue weighted by molar-refractivity contribution is 7.16. The summed E-state index contributed by atoms with van der Waals surface area (Å²) in [5, 5.41) is 27.2. The van der Waals surface area contributed by atoms with E-state index in [-0.39, 0.29) is 11.5 Å². The number of hydrogen-bond donors (Lipinski definition) is 2. The Morgan fingerprint density at radius 3 is 2.82 bits per heavy atom. The summed E-state index contributed by atoms with van der Waals surface area (Å²) in [6, 6.07) is 12.5. The fourth-order valence-corrected chi connectivity index (χ4v) is 5.51. The molecule has 1 saturated carbocycles. The molecule has 3 heterocycles. The molecule has 1 fully saturated rings. The largest absolute Gasteiger partial charge is 0.383 e. The third-order valence-corrected chi connectivity index (χ3v) is 7.68. The number of fused-ring (bicyclic) bond motifs is 2. The number of aromatic nitrogens is 5. The number of thiazole rings is 1. The Hall–Kier alpha value is -3.74. The van der Waals surface area contributed by atoms with Crippen LogP contribution in [0.4, 0.5) is 11.4 Å². The molecule has 1 aliphatic rings. The maximum atomic E-state index is 9.82. The van der Waals surface area contributed by atoms with Gasteiger partial charge in [0.1, 0.15) is 11.8 Å². The van der Waals surface area contributed by atoms with Gasteiger partial charge >= 0.3 is 0 Å². The van der Waals surface area contributed by atoms with Crippen LogP contribution in [0.15, 0.2) is 48.2 Å². The van der Waals surface area contributed by atoms with E-state index in [0.717, 1.165) is 51.1 Å². The molecule has 38 heavy (non-hydrogen) atoms. The molecule has 0 bridgehead atoms. The zero-order valence-corrected chi connectivity index (χ0v) is 22.9. The Kier molecular flexibility index (Phi) is 6.17. The number of hydrogen-bond acceptors (Lipinski definition) is 8. The first-order valence-corrected chi connectivity index (χ1v) is 13.8. The summed E-state index contributed by atoms with van der Waals surface area (Å²) < 4.78 is 3.06. The van der Waals surface area contributed by atoms with Gasteiger partial charge in [0.15, 0.2) is 0 Å². The first-order valence-electron chi connectivity index (χ1n) is 12.6. The zero-order valence-electron chi connectivity index (χ0n) is 21.4. The lowest BCUT2D eigenvalue weighted by molar-refractivity contribution is 0.443. The Morgan fingerprint density at radius 2 is 2.05 bits per heavy atom. The van der Waals surface area contributed by atoms with E-state index in [0.29, 0.717) is 28.7 Å². The molecule has 0 aliphatic heterocycles. The van der Waals surface area contributed by atoms with Crippen LogP contribution >= 0.6 is 22.9 Å². The number of nitrogens with zero attached hydrogens (tertiary/aromatic N) is 6. The van der Waals surface area contributed by atoms with Crippen molar-refractivity contribution in [1.29, 1.82) is 5.26 Å². The topological polar surface area (TPSA) is 104 Å². The van der Waals surface area contributed by atoms with Gasteiger partial charge in [-0.2, -0.15) is 5.26 Å². The van der Waals surface area contributed by atoms with Gasteiger partial charge in [0.2, 0.25) is 0 Å². The molecular weight excluding hydrogens is 516 g/mol. The minimum Gasteiger partial charge on any atom is -0.383 e. The molecule has 6 rings (SSSR count). The van der Waals surface area contributed by atoms with Crippen LogP contribution in [0.1, 0.15) is 62.5 Å². The van der Waals surface area contributed by atoms with Gasteiger partial charge in [-0.25, -0.2) is 9.67 Å². The maximum Gasteiger partial charge on any atom is 0.110 e. The number of nitrogens with one attached hydrogen (secondary N) is 2. The van der Waals surface area contributed by atoms with Gasteiger partial charge in [0.25, 0.3) is 0 Å². The third kappa shape index (κ3) is 4.77. The Balaban J connectivity index is 1.46. The number of nitriles is 1. The van der Waals surface area contributed by atoms with Crippen LogP contribution < -0.4 is 10.6 Å². The minimum absolute atomic E-state index is 0.0205. The third-order valence-electron chi connectivity index (χ3n) is 6.60. The zero-order chi connectivity index (χ0) is 26.4. The van der Waals surface area contributed by atoms with Gasteiger partial charge in [-0.3, -0.25) is 4.98 Å². The van der Waals surface area contributed by atoms with Crippen LogP contribution in [0, 0.1) is 16.7 Å². The van der Waals surface area contributed by atoms with Crippen molar-refractivity contribution >= 4 is 55.4 Å². The van der Waals surface area contributed by atoms with Crippen LogP contribution in [-0.4, -0.2) is 31.5 Å². The van der Waals surface area contributed by atoms with Crippen LogP contribution in [0.5, 0.6) is 0 Å².